The van der Waals surface area contributed by atoms with E-state index in [0.717, 1.165) is 0 Å². The average molecular weight is 745 g/mol. The molecule has 3 aliphatic heterocycles. The predicted octanol–water partition coefficient (Wildman–Crippen LogP) is 5.31. The highest BCUT2D eigenvalue weighted by Gasteiger charge is 2.77. The zero-order chi connectivity index (χ0) is 35.6. The van der Waals surface area contributed by atoms with Crippen molar-refractivity contribution in [2.75, 3.05) is 43.2 Å². The standard InChI is InChI=1S/C39H42BrN3O7/c1-5-21-41(26-15-19-29(20-16-26)49-7-3)36(45)32-33-37(46)43(31(24-44)25-11-9-8-10-12-25)35(39(33)23-30(40)34(32)50-39)38(47)42(22-6-2)27-13-17-28(48-4)18-14-27/h5-6,8-20,30-35,44H,1-2,7,21-24H2,3-4H3/t30?,31-,32+,33+,34+,35?,39?/m1/s1. The molecule has 2 bridgehead atoms. The van der Waals surface area contributed by atoms with Crippen LogP contribution < -0.4 is 19.3 Å². The molecule has 7 atom stereocenters. The molecule has 3 saturated heterocycles. The van der Waals surface area contributed by atoms with Gasteiger partial charge in [0.2, 0.25) is 11.8 Å². The minimum absolute atomic E-state index is 0.147. The molecule has 0 aromatic heterocycles. The predicted molar refractivity (Wildman–Crippen MR) is 195 cm³/mol. The molecule has 0 aliphatic carbocycles. The van der Waals surface area contributed by atoms with E-state index in [4.69, 9.17) is 14.2 Å². The average Bonchev–Trinajstić information content (AvgIpc) is 3.74. The van der Waals surface area contributed by atoms with Crippen LogP contribution in [0.25, 0.3) is 0 Å². The van der Waals surface area contributed by atoms with Gasteiger partial charge in [0.15, 0.2) is 0 Å². The largest absolute Gasteiger partial charge is 0.497 e. The van der Waals surface area contributed by atoms with Crippen molar-refractivity contribution in [2.24, 2.45) is 11.8 Å². The summed E-state index contributed by atoms with van der Waals surface area (Å²) in [6.45, 7) is 10.1. The maximum absolute atomic E-state index is 15.1. The second-order valence-corrected chi connectivity index (χ2v) is 13.8. The number of carbonyl (C=O) groups excluding carboxylic acids is 3. The van der Waals surface area contributed by atoms with Crippen LogP contribution in [0.3, 0.4) is 0 Å². The number of rotatable bonds is 14. The Morgan fingerprint density at radius 3 is 2.10 bits per heavy atom. The van der Waals surface area contributed by atoms with E-state index in [1.165, 1.54) is 4.90 Å². The number of ether oxygens (including phenoxy) is 3. The number of amides is 3. The number of anilines is 2. The number of carbonyl (C=O) groups is 3. The number of alkyl halides is 1. The Labute approximate surface area is 301 Å². The van der Waals surface area contributed by atoms with Crippen LogP contribution in [0, 0.1) is 11.8 Å². The molecular formula is C39H42BrN3O7. The fraction of sp³-hybridized carbons (Fsp3) is 0.359. The van der Waals surface area contributed by atoms with E-state index >= 15 is 9.59 Å². The number of halogens is 1. The molecule has 3 heterocycles. The highest BCUT2D eigenvalue weighted by Crippen LogP contribution is 2.61. The van der Waals surface area contributed by atoms with E-state index in [9.17, 15) is 9.90 Å². The summed E-state index contributed by atoms with van der Waals surface area (Å²) in [5.74, 6) is -1.74. The van der Waals surface area contributed by atoms with Gasteiger partial charge in [-0.25, -0.2) is 0 Å². The number of hydrogen-bond acceptors (Lipinski definition) is 7. The number of hydrogen-bond donors (Lipinski definition) is 1. The van der Waals surface area contributed by atoms with Crippen molar-refractivity contribution in [1.82, 2.24) is 4.90 Å². The van der Waals surface area contributed by atoms with Crippen molar-refractivity contribution >= 4 is 45.0 Å². The maximum atomic E-state index is 15.1. The molecule has 50 heavy (non-hydrogen) atoms. The van der Waals surface area contributed by atoms with E-state index in [2.05, 4.69) is 29.1 Å². The number of likely N-dealkylation sites (tertiary alicyclic amines) is 1. The normalized spacial score (nSPS) is 25.5. The molecule has 3 fully saturated rings. The summed E-state index contributed by atoms with van der Waals surface area (Å²) in [4.78, 5) is 49.2. The van der Waals surface area contributed by atoms with Crippen LogP contribution in [0.15, 0.2) is 104 Å². The zero-order valence-corrected chi connectivity index (χ0v) is 29.8. The zero-order valence-electron chi connectivity index (χ0n) is 28.2. The van der Waals surface area contributed by atoms with Crippen LogP contribution in [-0.2, 0) is 19.1 Å². The van der Waals surface area contributed by atoms with Gasteiger partial charge >= 0.3 is 0 Å². The van der Waals surface area contributed by atoms with Gasteiger partial charge in [0.25, 0.3) is 5.91 Å². The lowest BCUT2D eigenvalue weighted by molar-refractivity contribution is -0.144. The molecule has 3 unspecified atom stereocenters. The third-order valence-corrected chi connectivity index (χ3v) is 10.8. The van der Waals surface area contributed by atoms with Gasteiger partial charge in [-0.1, -0.05) is 58.4 Å². The Morgan fingerprint density at radius 2 is 1.56 bits per heavy atom. The second-order valence-electron chi connectivity index (χ2n) is 12.6. The van der Waals surface area contributed by atoms with Gasteiger partial charge in [-0.2, -0.15) is 0 Å². The van der Waals surface area contributed by atoms with Gasteiger partial charge in [-0.3, -0.25) is 14.4 Å². The van der Waals surface area contributed by atoms with Gasteiger partial charge < -0.3 is 34.0 Å². The first-order valence-corrected chi connectivity index (χ1v) is 17.7. The Balaban J connectivity index is 1.46. The SMILES string of the molecule is C=CCN(C(=O)C1N([C@H](CO)c2ccccc2)C(=O)[C@@H]2[C@H](C(=O)N(CC=C)c3ccc(OCC)cc3)[C@H]3OC12CC3Br)c1ccc(OC)cc1. The molecule has 3 aromatic rings. The van der Waals surface area contributed by atoms with Crippen LogP contribution in [-0.4, -0.2) is 83.7 Å². The molecule has 1 N–H and O–H groups in total. The number of aliphatic hydroxyl groups excluding tert-OH is 1. The minimum Gasteiger partial charge on any atom is -0.497 e. The first-order chi connectivity index (χ1) is 24.2. The van der Waals surface area contributed by atoms with E-state index in [1.54, 1.807) is 77.6 Å². The molecule has 262 valence electrons. The van der Waals surface area contributed by atoms with E-state index in [-0.39, 0.29) is 23.8 Å². The highest BCUT2D eigenvalue weighted by molar-refractivity contribution is 9.09. The van der Waals surface area contributed by atoms with E-state index < -0.39 is 54.0 Å². The Hall–Kier alpha value is -4.45. The van der Waals surface area contributed by atoms with Crippen molar-refractivity contribution < 1.29 is 33.7 Å². The molecule has 11 heteroatoms. The molecule has 3 aromatic carbocycles. The third-order valence-electron chi connectivity index (χ3n) is 9.94. The van der Waals surface area contributed by atoms with Crippen LogP contribution in [0.4, 0.5) is 11.4 Å². The van der Waals surface area contributed by atoms with E-state index in [1.807, 2.05) is 37.3 Å². The number of nitrogens with zero attached hydrogens (tertiary/aromatic N) is 3. The Bertz CT molecular complexity index is 1720. The van der Waals surface area contributed by atoms with Gasteiger partial charge in [-0.05, 0) is 67.4 Å². The molecule has 6 rings (SSSR count). The fourth-order valence-corrected chi connectivity index (χ4v) is 8.82. The van der Waals surface area contributed by atoms with Crippen molar-refractivity contribution in [3.05, 3.63) is 110 Å². The van der Waals surface area contributed by atoms with Crippen LogP contribution >= 0.6 is 15.9 Å². The Kier molecular flexibility index (Phi) is 10.5. The highest BCUT2D eigenvalue weighted by atomic mass is 79.9. The summed E-state index contributed by atoms with van der Waals surface area (Å²) < 4.78 is 17.8. The fourth-order valence-electron chi connectivity index (χ4n) is 7.88. The lowest BCUT2D eigenvalue weighted by Crippen LogP contribution is -2.58. The van der Waals surface area contributed by atoms with Crippen molar-refractivity contribution in [3.63, 3.8) is 0 Å². The van der Waals surface area contributed by atoms with Gasteiger partial charge in [0.05, 0.1) is 44.3 Å². The topological polar surface area (TPSA) is 109 Å². The number of benzene rings is 3. The lowest BCUT2D eigenvalue weighted by atomic mass is 9.70. The summed E-state index contributed by atoms with van der Waals surface area (Å²) in [5, 5.41) is 10.9. The second kappa shape index (κ2) is 14.8. The monoisotopic (exact) mass is 743 g/mol. The van der Waals surface area contributed by atoms with Crippen LogP contribution in [0.2, 0.25) is 0 Å². The maximum Gasteiger partial charge on any atom is 0.253 e. The van der Waals surface area contributed by atoms with Crippen molar-refractivity contribution in [1.29, 1.82) is 0 Å². The smallest absolute Gasteiger partial charge is 0.253 e. The summed E-state index contributed by atoms with van der Waals surface area (Å²) in [5.41, 5.74) is 0.490. The molecule has 0 saturated carbocycles. The van der Waals surface area contributed by atoms with Crippen LogP contribution in [0.5, 0.6) is 11.5 Å². The number of fused-ring (bicyclic) bond motifs is 1. The van der Waals surface area contributed by atoms with E-state index in [0.29, 0.717) is 41.5 Å². The first kappa shape index (κ1) is 35.4. The Morgan fingerprint density at radius 1 is 0.980 bits per heavy atom. The summed E-state index contributed by atoms with van der Waals surface area (Å²) >= 11 is 3.78. The minimum atomic E-state index is -1.36. The van der Waals surface area contributed by atoms with Gasteiger partial charge in [0, 0.05) is 29.3 Å². The molecule has 3 aliphatic rings. The van der Waals surface area contributed by atoms with Crippen molar-refractivity contribution in [2.45, 2.75) is 42.0 Å². The molecular weight excluding hydrogens is 702 g/mol. The molecule has 1 spiro atoms. The summed E-state index contributed by atoms with van der Waals surface area (Å²) in [7, 11) is 1.57. The molecule has 10 nitrogen and oxygen atoms in total. The summed E-state index contributed by atoms with van der Waals surface area (Å²) in [6, 6.07) is 21.3. The lowest BCUT2D eigenvalue weighted by Gasteiger charge is -2.39. The number of methoxy groups -OCH3 is 1. The molecule has 3 amide bonds. The van der Waals surface area contributed by atoms with Crippen molar-refractivity contribution in [3.8, 4) is 11.5 Å². The van der Waals surface area contributed by atoms with Gasteiger partial charge in [0.1, 0.15) is 23.1 Å². The number of aliphatic hydroxyl groups is 1. The summed E-state index contributed by atoms with van der Waals surface area (Å²) in [6.07, 6.45) is 2.89. The quantitative estimate of drug-likeness (QED) is 0.176. The first-order valence-electron chi connectivity index (χ1n) is 16.8. The third kappa shape index (κ3) is 6.01. The molecule has 0 radical (unpaired) electrons. The van der Waals surface area contributed by atoms with Crippen LogP contribution in [0.1, 0.15) is 24.9 Å². The van der Waals surface area contributed by atoms with Gasteiger partial charge in [-0.15, -0.1) is 13.2 Å².